The standard InChI is InChI=1S/C44H28N6/c1-4-12-29(13-5-1)42-46-43(30-14-6-2-7-15-30)48-44(47-42)50-38-19-11-10-18-34(38)35-22-20-32(27-40(35)50)31-21-23-39-37(26-31)36-24-25-45-28-41(36)49(39)33-16-8-3-9-17-33/h1-28H. The molecule has 0 unspecified atom stereocenters. The van der Waals surface area contributed by atoms with E-state index in [1.54, 1.807) is 0 Å². The molecular formula is C44H28N6. The van der Waals surface area contributed by atoms with E-state index in [9.17, 15) is 0 Å². The first-order chi connectivity index (χ1) is 24.8. The molecule has 10 rings (SSSR count). The quantitative estimate of drug-likeness (QED) is 0.188. The summed E-state index contributed by atoms with van der Waals surface area (Å²) >= 11 is 0. The van der Waals surface area contributed by atoms with Crippen LogP contribution in [-0.2, 0) is 0 Å². The summed E-state index contributed by atoms with van der Waals surface area (Å²) in [5.74, 6) is 1.84. The molecule has 0 aliphatic heterocycles. The van der Waals surface area contributed by atoms with Crippen LogP contribution in [-0.4, -0.2) is 29.1 Å². The molecule has 0 aliphatic carbocycles. The summed E-state index contributed by atoms with van der Waals surface area (Å²) in [5.41, 5.74) is 9.53. The van der Waals surface area contributed by atoms with E-state index in [4.69, 9.17) is 15.0 Å². The summed E-state index contributed by atoms with van der Waals surface area (Å²) in [6, 6.07) is 54.7. The van der Waals surface area contributed by atoms with Crippen LogP contribution in [0.25, 0.3) is 89.2 Å². The lowest BCUT2D eigenvalue weighted by Gasteiger charge is -2.11. The second-order valence-corrected chi connectivity index (χ2v) is 12.4. The molecule has 4 heterocycles. The summed E-state index contributed by atoms with van der Waals surface area (Å²) in [6.07, 6.45) is 3.82. The number of para-hydroxylation sites is 2. The first kappa shape index (κ1) is 28.1. The monoisotopic (exact) mass is 640 g/mol. The minimum Gasteiger partial charge on any atom is -0.308 e. The second-order valence-electron chi connectivity index (χ2n) is 12.4. The van der Waals surface area contributed by atoms with Crippen molar-refractivity contribution in [1.29, 1.82) is 0 Å². The number of benzene rings is 6. The number of hydrogen-bond donors (Lipinski definition) is 0. The van der Waals surface area contributed by atoms with Gasteiger partial charge in [-0.2, -0.15) is 9.97 Å². The van der Waals surface area contributed by atoms with Crippen molar-refractivity contribution in [1.82, 2.24) is 29.1 Å². The van der Waals surface area contributed by atoms with Crippen molar-refractivity contribution in [3.8, 4) is 45.5 Å². The van der Waals surface area contributed by atoms with E-state index in [1.807, 2.05) is 79.1 Å². The lowest BCUT2D eigenvalue weighted by atomic mass is 10.0. The molecule has 6 nitrogen and oxygen atoms in total. The number of fused-ring (bicyclic) bond motifs is 6. The first-order valence-electron chi connectivity index (χ1n) is 16.6. The van der Waals surface area contributed by atoms with Crippen LogP contribution in [0.15, 0.2) is 170 Å². The molecule has 0 bridgehead atoms. The van der Waals surface area contributed by atoms with Gasteiger partial charge in [0, 0.05) is 44.6 Å². The Morgan fingerprint density at radius 1 is 0.360 bits per heavy atom. The van der Waals surface area contributed by atoms with Gasteiger partial charge in [0.05, 0.1) is 28.3 Å². The maximum atomic E-state index is 5.11. The summed E-state index contributed by atoms with van der Waals surface area (Å²) in [7, 11) is 0. The van der Waals surface area contributed by atoms with E-state index in [2.05, 4.69) is 105 Å². The molecule has 6 aromatic carbocycles. The first-order valence-corrected chi connectivity index (χ1v) is 16.6. The van der Waals surface area contributed by atoms with Crippen LogP contribution < -0.4 is 0 Å². The van der Waals surface area contributed by atoms with Crippen LogP contribution in [0.1, 0.15) is 0 Å². The predicted molar refractivity (Wildman–Crippen MR) is 203 cm³/mol. The number of nitrogens with zero attached hydrogens (tertiary/aromatic N) is 6. The normalized spacial score (nSPS) is 11.6. The third-order valence-corrected chi connectivity index (χ3v) is 9.48. The zero-order valence-electron chi connectivity index (χ0n) is 26.8. The van der Waals surface area contributed by atoms with Gasteiger partial charge in [0.15, 0.2) is 11.6 Å². The molecule has 10 aromatic rings. The van der Waals surface area contributed by atoms with Gasteiger partial charge in [-0.25, -0.2) is 4.98 Å². The second kappa shape index (κ2) is 11.4. The Balaban J connectivity index is 1.20. The molecule has 4 aromatic heterocycles. The molecule has 0 saturated heterocycles. The van der Waals surface area contributed by atoms with Gasteiger partial charge in [-0.15, -0.1) is 0 Å². The Kier molecular flexibility index (Phi) is 6.39. The third-order valence-electron chi connectivity index (χ3n) is 9.48. The van der Waals surface area contributed by atoms with Crippen molar-refractivity contribution in [2.75, 3.05) is 0 Å². The van der Waals surface area contributed by atoms with Crippen LogP contribution >= 0.6 is 0 Å². The Bertz CT molecular complexity index is 2800. The Labute approximate surface area is 287 Å². The molecule has 0 atom stereocenters. The van der Waals surface area contributed by atoms with Crippen molar-refractivity contribution in [3.63, 3.8) is 0 Å². The maximum Gasteiger partial charge on any atom is 0.238 e. The van der Waals surface area contributed by atoms with Gasteiger partial charge in [-0.3, -0.25) is 9.55 Å². The zero-order chi connectivity index (χ0) is 33.0. The maximum absolute atomic E-state index is 5.11. The highest BCUT2D eigenvalue weighted by Gasteiger charge is 2.19. The summed E-state index contributed by atoms with van der Waals surface area (Å²) in [6.45, 7) is 0. The van der Waals surface area contributed by atoms with Crippen LogP contribution in [0.2, 0.25) is 0 Å². The van der Waals surface area contributed by atoms with Crippen molar-refractivity contribution in [2.45, 2.75) is 0 Å². The lowest BCUT2D eigenvalue weighted by Crippen LogP contribution is -2.06. The summed E-state index contributed by atoms with van der Waals surface area (Å²) < 4.78 is 4.47. The van der Waals surface area contributed by atoms with Crippen molar-refractivity contribution in [3.05, 3.63) is 170 Å². The van der Waals surface area contributed by atoms with Gasteiger partial charge in [-0.05, 0) is 53.6 Å². The molecule has 0 aliphatic rings. The Morgan fingerprint density at radius 3 is 1.68 bits per heavy atom. The molecule has 0 amide bonds. The van der Waals surface area contributed by atoms with E-state index in [1.165, 1.54) is 10.8 Å². The number of aromatic nitrogens is 6. The van der Waals surface area contributed by atoms with Crippen molar-refractivity contribution >= 4 is 43.6 Å². The van der Waals surface area contributed by atoms with Gasteiger partial charge in [0.1, 0.15) is 0 Å². The average molecular weight is 641 g/mol. The lowest BCUT2D eigenvalue weighted by molar-refractivity contribution is 0.953. The highest BCUT2D eigenvalue weighted by Crippen LogP contribution is 2.38. The predicted octanol–water partition coefficient (Wildman–Crippen LogP) is 10.5. The zero-order valence-corrected chi connectivity index (χ0v) is 26.8. The fourth-order valence-electron chi connectivity index (χ4n) is 7.17. The summed E-state index contributed by atoms with van der Waals surface area (Å²) in [5, 5.41) is 4.64. The molecule has 0 fully saturated rings. The average Bonchev–Trinajstić information content (AvgIpc) is 3.71. The summed E-state index contributed by atoms with van der Waals surface area (Å²) in [4.78, 5) is 19.7. The van der Waals surface area contributed by atoms with Crippen LogP contribution in [0.4, 0.5) is 0 Å². The van der Waals surface area contributed by atoms with Crippen molar-refractivity contribution < 1.29 is 0 Å². The number of pyridine rings is 1. The smallest absolute Gasteiger partial charge is 0.238 e. The molecule has 50 heavy (non-hydrogen) atoms. The number of rotatable bonds is 5. The van der Waals surface area contributed by atoms with E-state index in [0.29, 0.717) is 17.6 Å². The topological polar surface area (TPSA) is 61.4 Å². The fraction of sp³-hybridized carbons (Fsp3) is 0. The molecule has 0 saturated carbocycles. The SMILES string of the molecule is c1ccc(-c2nc(-c3ccccc3)nc(-n3c4ccccc4c4ccc(-c5ccc6c(c5)c5ccncc5n6-c5ccccc5)cc43)n2)cc1. The van der Waals surface area contributed by atoms with E-state index >= 15 is 0 Å². The Hall–Kier alpha value is -6.92. The third kappa shape index (κ3) is 4.50. The molecule has 0 radical (unpaired) electrons. The van der Waals surface area contributed by atoms with Gasteiger partial charge in [0.25, 0.3) is 0 Å². The highest BCUT2D eigenvalue weighted by molar-refractivity contribution is 6.12. The van der Waals surface area contributed by atoms with Crippen LogP contribution in [0.5, 0.6) is 0 Å². The van der Waals surface area contributed by atoms with Gasteiger partial charge < -0.3 is 4.57 Å². The minimum absolute atomic E-state index is 0.579. The number of hydrogen-bond acceptors (Lipinski definition) is 4. The van der Waals surface area contributed by atoms with Crippen LogP contribution in [0, 0.1) is 0 Å². The molecule has 0 N–H and O–H groups in total. The fourth-order valence-corrected chi connectivity index (χ4v) is 7.17. The van der Waals surface area contributed by atoms with Crippen LogP contribution in [0.3, 0.4) is 0 Å². The van der Waals surface area contributed by atoms with E-state index in [-0.39, 0.29) is 0 Å². The highest BCUT2D eigenvalue weighted by atomic mass is 15.2. The minimum atomic E-state index is 0.579. The molecule has 0 spiro atoms. The van der Waals surface area contributed by atoms with Gasteiger partial charge in [0.2, 0.25) is 5.95 Å². The molecular weight excluding hydrogens is 613 g/mol. The van der Waals surface area contributed by atoms with E-state index in [0.717, 1.165) is 60.8 Å². The van der Waals surface area contributed by atoms with Gasteiger partial charge >= 0.3 is 0 Å². The Morgan fingerprint density at radius 2 is 0.940 bits per heavy atom. The molecule has 234 valence electrons. The largest absolute Gasteiger partial charge is 0.308 e. The van der Waals surface area contributed by atoms with Gasteiger partial charge in [-0.1, -0.05) is 115 Å². The van der Waals surface area contributed by atoms with E-state index < -0.39 is 0 Å². The van der Waals surface area contributed by atoms with Crippen molar-refractivity contribution in [2.24, 2.45) is 0 Å². The molecule has 6 heteroatoms.